The van der Waals surface area contributed by atoms with E-state index in [0.29, 0.717) is 11.8 Å². The van der Waals surface area contributed by atoms with Gasteiger partial charge in [-0.05, 0) is 31.5 Å². The van der Waals surface area contributed by atoms with Crippen LogP contribution in [0.2, 0.25) is 0 Å². The van der Waals surface area contributed by atoms with E-state index in [4.69, 9.17) is 10.2 Å². The summed E-state index contributed by atoms with van der Waals surface area (Å²) >= 11 is 1.68. The number of thioether (sulfide) groups is 1. The molecule has 0 fully saturated rings. The predicted molar refractivity (Wildman–Crippen MR) is 67.6 cm³/mol. The second-order valence-electron chi connectivity index (χ2n) is 3.67. The molecule has 1 aromatic heterocycles. The molecule has 0 aliphatic rings. The smallest absolute Gasteiger partial charge is 0.257 e. The Kier molecular flexibility index (Phi) is 3.85. The molecule has 0 radical (unpaired) electrons. The van der Waals surface area contributed by atoms with E-state index >= 15 is 0 Å². The van der Waals surface area contributed by atoms with Crippen molar-refractivity contribution in [2.24, 2.45) is 5.73 Å². The van der Waals surface area contributed by atoms with Gasteiger partial charge in [-0.2, -0.15) is 0 Å². The van der Waals surface area contributed by atoms with Gasteiger partial charge in [0.25, 0.3) is 5.22 Å². The van der Waals surface area contributed by atoms with Crippen LogP contribution in [0.5, 0.6) is 0 Å². The quantitative estimate of drug-likeness (QED) is 0.811. The molecule has 0 amide bonds. The summed E-state index contributed by atoms with van der Waals surface area (Å²) in [5.41, 5.74) is 7.35. The second kappa shape index (κ2) is 5.37. The molecule has 2 N–H and O–H groups in total. The van der Waals surface area contributed by atoms with Gasteiger partial charge in [-0.15, -0.1) is 0 Å². The normalized spacial score (nSPS) is 13.1. The van der Waals surface area contributed by atoms with Crippen LogP contribution in [0.25, 0.3) is 11.1 Å². The van der Waals surface area contributed by atoms with Crippen LogP contribution in [-0.2, 0) is 0 Å². The van der Waals surface area contributed by atoms with Gasteiger partial charge < -0.3 is 10.2 Å². The van der Waals surface area contributed by atoms with E-state index in [2.05, 4.69) is 11.9 Å². The Bertz CT molecular complexity index is 422. The van der Waals surface area contributed by atoms with Crippen molar-refractivity contribution in [3.05, 3.63) is 24.3 Å². The van der Waals surface area contributed by atoms with Crippen molar-refractivity contribution in [3.63, 3.8) is 0 Å². The number of oxazole rings is 1. The fourth-order valence-corrected chi connectivity index (χ4v) is 2.57. The predicted octanol–water partition coefficient (Wildman–Crippen LogP) is 3.05. The average Bonchev–Trinajstić information content (AvgIpc) is 2.70. The Morgan fingerprint density at radius 3 is 2.94 bits per heavy atom. The first-order valence-corrected chi connectivity index (χ1v) is 6.43. The standard InChI is InChI=1S/C12H16N2OS/c1-2-9(7-8-13)16-12-14-10-5-3-4-6-11(10)15-12/h3-6,9H,2,7-8,13H2,1H3. The molecule has 1 heterocycles. The van der Waals surface area contributed by atoms with Crippen molar-refractivity contribution in [1.82, 2.24) is 4.98 Å². The maximum atomic E-state index is 5.66. The summed E-state index contributed by atoms with van der Waals surface area (Å²) in [5.74, 6) is 0. The Labute approximate surface area is 99.4 Å². The van der Waals surface area contributed by atoms with Crippen LogP contribution in [0, 0.1) is 0 Å². The third kappa shape index (κ3) is 2.57. The highest BCUT2D eigenvalue weighted by atomic mass is 32.2. The molecule has 0 bridgehead atoms. The summed E-state index contributed by atoms with van der Waals surface area (Å²) < 4.78 is 5.66. The zero-order chi connectivity index (χ0) is 11.4. The molecule has 86 valence electrons. The second-order valence-corrected chi connectivity index (χ2v) is 4.92. The number of para-hydroxylation sites is 2. The van der Waals surface area contributed by atoms with Gasteiger partial charge in [0.2, 0.25) is 0 Å². The molecule has 1 aromatic carbocycles. The molecule has 16 heavy (non-hydrogen) atoms. The van der Waals surface area contributed by atoms with Crippen LogP contribution >= 0.6 is 11.8 Å². The maximum absolute atomic E-state index is 5.66. The fourth-order valence-electron chi connectivity index (χ4n) is 1.58. The number of aromatic nitrogens is 1. The summed E-state index contributed by atoms with van der Waals surface area (Å²) in [6.07, 6.45) is 2.08. The van der Waals surface area contributed by atoms with Gasteiger partial charge in [0, 0.05) is 5.25 Å². The molecule has 0 saturated heterocycles. The summed E-state index contributed by atoms with van der Waals surface area (Å²) in [4.78, 5) is 4.44. The number of nitrogens with two attached hydrogens (primary N) is 1. The van der Waals surface area contributed by atoms with Crippen LogP contribution in [0.3, 0.4) is 0 Å². The molecule has 0 aliphatic heterocycles. The van der Waals surface area contributed by atoms with E-state index in [0.717, 1.165) is 29.2 Å². The number of hydrogen-bond acceptors (Lipinski definition) is 4. The third-order valence-corrected chi connectivity index (χ3v) is 3.76. The minimum atomic E-state index is 0.498. The Morgan fingerprint density at radius 2 is 2.25 bits per heavy atom. The van der Waals surface area contributed by atoms with E-state index in [1.54, 1.807) is 11.8 Å². The highest BCUT2D eigenvalue weighted by Gasteiger charge is 2.12. The fraction of sp³-hybridized carbons (Fsp3) is 0.417. The highest BCUT2D eigenvalue weighted by Crippen LogP contribution is 2.29. The average molecular weight is 236 g/mol. The van der Waals surface area contributed by atoms with Crippen molar-refractivity contribution >= 4 is 22.9 Å². The van der Waals surface area contributed by atoms with Crippen LogP contribution in [-0.4, -0.2) is 16.8 Å². The van der Waals surface area contributed by atoms with E-state index in [1.165, 1.54) is 0 Å². The molecule has 0 aliphatic carbocycles. The van der Waals surface area contributed by atoms with Crippen molar-refractivity contribution in [3.8, 4) is 0 Å². The first-order chi connectivity index (χ1) is 7.83. The Hall–Kier alpha value is -1.00. The minimum Gasteiger partial charge on any atom is -0.431 e. The van der Waals surface area contributed by atoms with Crippen LogP contribution in [0.15, 0.2) is 33.9 Å². The molecule has 4 heteroatoms. The van der Waals surface area contributed by atoms with Crippen LogP contribution in [0.1, 0.15) is 19.8 Å². The summed E-state index contributed by atoms with van der Waals surface area (Å²) in [5, 5.41) is 1.25. The number of hydrogen-bond donors (Lipinski definition) is 1. The topological polar surface area (TPSA) is 52.0 Å². The lowest BCUT2D eigenvalue weighted by Crippen LogP contribution is -2.09. The number of benzene rings is 1. The van der Waals surface area contributed by atoms with Gasteiger partial charge in [0.1, 0.15) is 5.52 Å². The van der Waals surface area contributed by atoms with Gasteiger partial charge in [-0.3, -0.25) is 0 Å². The zero-order valence-electron chi connectivity index (χ0n) is 9.35. The summed E-state index contributed by atoms with van der Waals surface area (Å²) in [6, 6.07) is 7.83. The monoisotopic (exact) mass is 236 g/mol. The maximum Gasteiger partial charge on any atom is 0.257 e. The molecule has 1 unspecified atom stereocenters. The molecular formula is C12H16N2OS. The number of nitrogens with zero attached hydrogens (tertiary/aromatic N) is 1. The van der Waals surface area contributed by atoms with Crippen LogP contribution < -0.4 is 5.73 Å². The highest BCUT2D eigenvalue weighted by molar-refractivity contribution is 7.99. The van der Waals surface area contributed by atoms with Crippen molar-refractivity contribution in [2.45, 2.75) is 30.2 Å². The number of fused-ring (bicyclic) bond motifs is 1. The van der Waals surface area contributed by atoms with Gasteiger partial charge >= 0.3 is 0 Å². The molecule has 2 aromatic rings. The lowest BCUT2D eigenvalue weighted by atomic mass is 10.2. The lowest BCUT2D eigenvalue weighted by molar-refractivity contribution is 0.487. The molecule has 0 spiro atoms. The summed E-state index contributed by atoms with van der Waals surface area (Å²) in [6.45, 7) is 2.88. The Morgan fingerprint density at radius 1 is 1.44 bits per heavy atom. The Balaban J connectivity index is 2.14. The van der Waals surface area contributed by atoms with Crippen molar-refractivity contribution < 1.29 is 4.42 Å². The molecule has 2 rings (SSSR count). The first kappa shape index (κ1) is 11.5. The molecule has 0 saturated carbocycles. The minimum absolute atomic E-state index is 0.498. The summed E-state index contributed by atoms with van der Waals surface area (Å²) in [7, 11) is 0. The van der Waals surface area contributed by atoms with Crippen molar-refractivity contribution in [1.29, 1.82) is 0 Å². The lowest BCUT2D eigenvalue weighted by Gasteiger charge is -2.09. The van der Waals surface area contributed by atoms with E-state index in [1.807, 2.05) is 24.3 Å². The number of rotatable bonds is 5. The van der Waals surface area contributed by atoms with Crippen LogP contribution in [0.4, 0.5) is 0 Å². The molecule has 1 atom stereocenters. The molecule has 3 nitrogen and oxygen atoms in total. The van der Waals surface area contributed by atoms with E-state index in [-0.39, 0.29) is 0 Å². The van der Waals surface area contributed by atoms with E-state index in [9.17, 15) is 0 Å². The van der Waals surface area contributed by atoms with Gasteiger partial charge in [-0.1, -0.05) is 30.8 Å². The van der Waals surface area contributed by atoms with Crippen molar-refractivity contribution in [2.75, 3.05) is 6.54 Å². The van der Waals surface area contributed by atoms with Gasteiger partial charge in [0.15, 0.2) is 5.58 Å². The van der Waals surface area contributed by atoms with Gasteiger partial charge in [0.05, 0.1) is 0 Å². The van der Waals surface area contributed by atoms with E-state index < -0.39 is 0 Å². The third-order valence-electron chi connectivity index (χ3n) is 2.49. The first-order valence-electron chi connectivity index (χ1n) is 5.55. The SMILES string of the molecule is CCC(CCN)Sc1nc2ccccc2o1. The van der Waals surface area contributed by atoms with Gasteiger partial charge in [-0.25, -0.2) is 4.98 Å². The largest absolute Gasteiger partial charge is 0.431 e. The molecular weight excluding hydrogens is 220 g/mol. The zero-order valence-corrected chi connectivity index (χ0v) is 10.2.